The predicted octanol–water partition coefficient (Wildman–Crippen LogP) is -1.15. The lowest BCUT2D eigenvalue weighted by Crippen LogP contribution is -2.56. The number of piperidine rings is 1. The van der Waals surface area contributed by atoms with Crippen LogP contribution in [0, 0.1) is 0 Å². The van der Waals surface area contributed by atoms with Gasteiger partial charge in [-0.1, -0.05) is 0 Å². The van der Waals surface area contributed by atoms with E-state index in [0.29, 0.717) is 0 Å². The molecule has 1 saturated heterocycles. The van der Waals surface area contributed by atoms with Crippen LogP contribution >= 0.6 is 0 Å². The van der Waals surface area contributed by atoms with Crippen LogP contribution in [0.2, 0.25) is 0 Å². The average molecular weight is 295 g/mol. The SMILES string of the molecule is CCOC(=O)N([C@@H]1CC[C@@H](C(N)=O)NC1)S(=O)(=O)O. The van der Waals surface area contributed by atoms with Crippen molar-refractivity contribution >= 4 is 22.3 Å². The molecule has 0 unspecified atom stereocenters. The third-order valence-corrected chi connectivity index (χ3v) is 3.70. The number of nitrogens with one attached hydrogen (secondary N) is 1. The Hall–Kier alpha value is -1.39. The van der Waals surface area contributed by atoms with E-state index in [1.165, 1.54) is 6.92 Å². The molecule has 1 heterocycles. The zero-order valence-corrected chi connectivity index (χ0v) is 11.2. The number of amides is 2. The first-order valence-electron chi connectivity index (χ1n) is 5.73. The van der Waals surface area contributed by atoms with Crippen LogP contribution in [0.5, 0.6) is 0 Å². The molecule has 110 valence electrons. The molecule has 2 atom stereocenters. The first-order chi connectivity index (χ1) is 8.77. The van der Waals surface area contributed by atoms with Crippen LogP contribution in [0.1, 0.15) is 19.8 Å². The van der Waals surface area contributed by atoms with E-state index < -0.39 is 34.4 Å². The number of carbonyl (C=O) groups is 2. The molecule has 0 aromatic heterocycles. The topological polar surface area (TPSA) is 139 Å². The number of hydrogen-bond donors (Lipinski definition) is 3. The summed E-state index contributed by atoms with van der Waals surface area (Å²) in [5, 5.41) is 2.72. The van der Waals surface area contributed by atoms with Crippen LogP contribution in [0.4, 0.5) is 4.79 Å². The predicted molar refractivity (Wildman–Crippen MR) is 64.4 cm³/mol. The fourth-order valence-corrected chi connectivity index (χ4v) is 2.70. The van der Waals surface area contributed by atoms with Crippen LogP contribution in [-0.4, -0.2) is 54.5 Å². The molecule has 1 aliphatic heterocycles. The summed E-state index contributed by atoms with van der Waals surface area (Å²) in [5.41, 5.74) is 5.11. The minimum absolute atomic E-state index is 0.0189. The smallest absolute Gasteiger partial charge is 0.425 e. The molecule has 1 fully saturated rings. The molecule has 1 rings (SSSR count). The van der Waals surface area contributed by atoms with E-state index in [9.17, 15) is 18.0 Å². The van der Waals surface area contributed by atoms with Gasteiger partial charge in [0, 0.05) is 6.54 Å². The number of carbonyl (C=O) groups excluding carboxylic acids is 2. The molecule has 0 aliphatic carbocycles. The van der Waals surface area contributed by atoms with Gasteiger partial charge in [-0.2, -0.15) is 12.7 Å². The van der Waals surface area contributed by atoms with E-state index in [0.717, 1.165) is 0 Å². The molecule has 4 N–H and O–H groups in total. The zero-order chi connectivity index (χ0) is 14.6. The highest BCUT2D eigenvalue weighted by molar-refractivity contribution is 7.84. The van der Waals surface area contributed by atoms with Crippen molar-refractivity contribution in [2.24, 2.45) is 5.73 Å². The van der Waals surface area contributed by atoms with Gasteiger partial charge in [-0.05, 0) is 19.8 Å². The molecular formula is C9H17N3O6S. The number of primary amides is 1. The Kier molecular flexibility index (Phi) is 5.09. The fourth-order valence-electron chi connectivity index (χ4n) is 1.90. The lowest BCUT2D eigenvalue weighted by molar-refractivity contribution is -0.120. The second kappa shape index (κ2) is 6.17. The van der Waals surface area contributed by atoms with Gasteiger partial charge in [-0.3, -0.25) is 9.35 Å². The standard InChI is InChI=1S/C9H17N3O6S/c1-2-18-9(14)12(19(15,16)17)6-3-4-7(8(10)13)11-5-6/h6-7,11H,2-5H2,1H3,(H2,10,13)(H,15,16,17)/t6-,7+/m1/s1. The molecule has 1 aliphatic rings. The van der Waals surface area contributed by atoms with Gasteiger partial charge in [0.25, 0.3) is 0 Å². The van der Waals surface area contributed by atoms with Crippen molar-refractivity contribution in [1.29, 1.82) is 0 Å². The van der Waals surface area contributed by atoms with E-state index in [1.54, 1.807) is 0 Å². The third kappa shape index (κ3) is 4.04. The van der Waals surface area contributed by atoms with E-state index in [-0.39, 0.29) is 30.3 Å². The Labute approximate surface area is 111 Å². The summed E-state index contributed by atoms with van der Waals surface area (Å²) in [6, 6.07) is -1.38. The van der Waals surface area contributed by atoms with E-state index in [4.69, 9.17) is 10.3 Å². The highest BCUT2D eigenvalue weighted by atomic mass is 32.2. The van der Waals surface area contributed by atoms with Crippen LogP contribution in [0.15, 0.2) is 0 Å². The Morgan fingerprint density at radius 3 is 2.47 bits per heavy atom. The maximum Gasteiger partial charge on any atom is 0.425 e. The minimum Gasteiger partial charge on any atom is -0.449 e. The van der Waals surface area contributed by atoms with Gasteiger partial charge in [-0.25, -0.2) is 4.79 Å². The fraction of sp³-hybridized carbons (Fsp3) is 0.778. The van der Waals surface area contributed by atoms with Crippen LogP contribution in [0.3, 0.4) is 0 Å². The van der Waals surface area contributed by atoms with Crippen molar-refractivity contribution in [1.82, 2.24) is 9.62 Å². The molecule has 0 saturated carbocycles. The van der Waals surface area contributed by atoms with Gasteiger partial charge in [0.05, 0.1) is 18.7 Å². The summed E-state index contributed by atoms with van der Waals surface area (Å²) < 4.78 is 36.4. The molecular weight excluding hydrogens is 278 g/mol. The molecule has 2 amide bonds. The number of ether oxygens (including phenoxy) is 1. The molecule has 0 aromatic rings. The van der Waals surface area contributed by atoms with E-state index in [2.05, 4.69) is 10.1 Å². The molecule has 0 radical (unpaired) electrons. The summed E-state index contributed by atoms with van der Waals surface area (Å²) in [7, 11) is -4.72. The van der Waals surface area contributed by atoms with Gasteiger partial charge in [0.2, 0.25) is 5.91 Å². The quantitative estimate of drug-likeness (QED) is 0.557. The van der Waals surface area contributed by atoms with Gasteiger partial charge < -0.3 is 15.8 Å². The van der Waals surface area contributed by atoms with Crippen LogP contribution in [-0.2, 0) is 19.8 Å². The van der Waals surface area contributed by atoms with Crippen molar-refractivity contribution in [2.75, 3.05) is 13.2 Å². The van der Waals surface area contributed by atoms with E-state index >= 15 is 0 Å². The lowest BCUT2D eigenvalue weighted by Gasteiger charge is -2.33. The summed E-state index contributed by atoms with van der Waals surface area (Å²) in [6.45, 7) is 1.52. The highest BCUT2D eigenvalue weighted by Gasteiger charge is 2.37. The van der Waals surface area contributed by atoms with Crippen molar-refractivity contribution in [3.05, 3.63) is 0 Å². The van der Waals surface area contributed by atoms with Crippen molar-refractivity contribution < 1.29 is 27.3 Å². The minimum atomic E-state index is -4.72. The Bertz CT molecular complexity index is 443. The van der Waals surface area contributed by atoms with E-state index in [1.807, 2.05) is 0 Å². The summed E-state index contributed by atoms with van der Waals surface area (Å²) in [5.74, 6) is -0.548. The van der Waals surface area contributed by atoms with Gasteiger partial charge >= 0.3 is 16.4 Å². The Morgan fingerprint density at radius 2 is 2.11 bits per heavy atom. The maximum atomic E-state index is 11.5. The number of nitrogens with two attached hydrogens (primary N) is 1. The molecule has 10 heteroatoms. The summed E-state index contributed by atoms with van der Waals surface area (Å²) in [6.07, 6.45) is -0.667. The normalized spacial score (nSPS) is 23.7. The molecule has 19 heavy (non-hydrogen) atoms. The average Bonchev–Trinajstić information content (AvgIpc) is 2.28. The summed E-state index contributed by atoms with van der Waals surface area (Å²) in [4.78, 5) is 22.5. The van der Waals surface area contributed by atoms with Crippen molar-refractivity contribution in [3.8, 4) is 0 Å². The van der Waals surface area contributed by atoms with Gasteiger partial charge in [0.1, 0.15) is 0 Å². The van der Waals surface area contributed by atoms with Crippen LogP contribution in [0.25, 0.3) is 0 Å². The first-order valence-corrected chi connectivity index (χ1v) is 7.13. The lowest BCUT2D eigenvalue weighted by atomic mass is 10.0. The highest BCUT2D eigenvalue weighted by Crippen LogP contribution is 2.17. The van der Waals surface area contributed by atoms with Gasteiger partial charge in [0.15, 0.2) is 0 Å². The van der Waals surface area contributed by atoms with Gasteiger partial charge in [-0.15, -0.1) is 0 Å². The van der Waals surface area contributed by atoms with Crippen molar-refractivity contribution in [3.63, 3.8) is 0 Å². The summed E-state index contributed by atoms with van der Waals surface area (Å²) >= 11 is 0. The Balaban J connectivity index is 2.79. The zero-order valence-electron chi connectivity index (χ0n) is 10.4. The monoisotopic (exact) mass is 295 g/mol. The first kappa shape index (κ1) is 15.7. The second-order valence-corrected chi connectivity index (χ2v) is 5.36. The molecule has 9 nitrogen and oxygen atoms in total. The number of nitrogens with zero attached hydrogens (tertiary/aromatic N) is 1. The molecule has 0 aromatic carbocycles. The molecule has 0 bridgehead atoms. The van der Waals surface area contributed by atoms with Crippen LogP contribution < -0.4 is 11.1 Å². The Morgan fingerprint density at radius 1 is 1.47 bits per heavy atom. The van der Waals surface area contributed by atoms with Crippen molar-refractivity contribution in [2.45, 2.75) is 31.8 Å². The maximum absolute atomic E-state index is 11.5. The number of hydrogen-bond acceptors (Lipinski definition) is 6. The second-order valence-electron chi connectivity index (χ2n) is 4.07. The largest absolute Gasteiger partial charge is 0.449 e. The molecule has 0 spiro atoms. The third-order valence-electron chi connectivity index (χ3n) is 2.76. The number of rotatable bonds is 4.